The third kappa shape index (κ3) is 1.21. The van der Waals surface area contributed by atoms with Crippen LogP contribution in [0.25, 0.3) is 0 Å². The molecule has 2 aliphatic heterocycles. The predicted octanol–water partition coefficient (Wildman–Crippen LogP) is 3.79. The molecular formula is C15H24O. The van der Waals surface area contributed by atoms with Gasteiger partial charge in [0.25, 0.3) is 0 Å². The average molecular weight is 220 g/mol. The lowest BCUT2D eigenvalue weighted by molar-refractivity contribution is -0.00298. The van der Waals surface area contributed by atoms with E-state index < -0.39 is 0 Å². The maximum absolute atomic E-state index is 6.26. The standard InChI is InChI=1S/C15H24O/c1-9(2)11-7-8-15(4)12-6-5-10(3)14(16-12)13(11)15/h9,11-14H,3,5-8H2,1-2,4H3/t11-,12+,13+,14-,15-/m0/s1. The van der Waals surface area contributed by atoms with Crippen LogP contribution < -0.4 is 0 Å². The lowest BCUT2D eigenvalue weighted by Crippen LogP contribution is -2.31. The summed E-state index contributed by atoms with van der Waals surface area (Å²) in [7, 11) is 0. The first-order valence-electron chi connectivity index (χ1n) is 6.87. The molecule has 90 valence electrons. The summed E-state index contributed by atoms with van der Waals surface area (Å²) in [5, 5.41) is 0. The molecule has 5 atom stereocenters. The van der Waals surface area contributed by atoms with Gasteiger partial charge in [-0.25, -0.2) is 0 Å². The summed E-state index contributed by atoms with van der Waals surface area (Å²) in [6.45, 7) is 11.5. The number of fused-ring (bicyclic) bond motifs is 5. The van der Waals surface area contributed by atoms with Crippen molar-refractivity contribution in [2.75, 3.05) is 0 Å². The van der Waals surface area contributed by atoms with Gasteiger partial charge in [-0.3, -0.25) is 0 Å². The van der Waals surface area contributed by atoms with Crippen molar-refractivity contribution in [3.8, 4) is 0 Å². The molecule has 3 rings (SSSR count). The zero-order chi connectivity index (χ0) is 11.5. The van der Waals surface area contributed by atoms with E-state index in [9.17, 15) is 0 Å². The van der Waals surface area contributed by atoms with E-state index >= 15 is 0 Å². The number of ether oxygens (including phenoxy) is 1. The Labute approximate surface area is 99.3 Å². The highest BCUT2D eigenvalue weighted by Crippen LogP contribution is 2.62. The third-order valence-electron chi connectivity index (χ3n) is 5.60. The maximum Gasteiger partial charge on any atom is 0.0823 e. The fourth-order valence-corrected chi connectivity index (χ4v) is 4.63. The average Bonchev–Trinajstić information content (AvgIpc) is 2.67. The Balaban J connectivity index is 1.98. The van der Waals surface area contributed by atoms with Crippen molar-refractivity contribution in [3.63, 3.8) is 0 Å². The van der Waals surface area contributed by atoms with Gasteiger partial charge in [-0.1, -0.05) is 27.4 Å². The van der Waals surface area contributed by atoms with E-state index in [1.165, 1.54) is 31.3 Å². The summed E-state index contributed by atoms with van der Waals surface area (Å²) in [5.74, 6) is 2.41. The van der Waals surface area contributed by atoms with E-state index in [-0.39, 0.29) is 0 Å². The molecule has 1 nitrogen and oxygen atoms in total. The normalized spacial score (nSPS) is 51.1. The Morgan fingerprint density at radius 2 is 2.12 bits per heavy atom. The monoisotopic (exact) mass is 220 g/mol. The molecule has 3 fully saturated rings. The minimum Gasteiger partial charge on any atom is -0.370 e. The Morgan fingerprint density at radius 1 is 1.38 bits per heavy atom. The molecule has 1 aliphatic carbocycles. The lowest BCUT2D eigenvalue weighted by Gasteiger charge is -2.31. The van der Waals surface area contributed by atoms with E-state index in [4.69, 9.17) is 4.74 Å². The zero-order valence-corrected chi connectivity index (χ0v) is 10.8. The smallest absolute Gasteiger partial charge is 0.0823 e. The Kier molecular flexibility index (Phi) is 2.27. The second-order valence-electron chi connectivity index (χ2n) is 6.72. The van der Waals surface area contributed by atoms with Crippen molar-refractivity contribution in [1.82, 2.24) is 0 Å². The van der Waals surface area contributed by atoms with Crippen LogP contribution in [0.4, 0.5) is 0 Å². The first-order chi connectivity index (χ1) is 7.54. The quantitative estimate of drug-likeness (QED) is 0.611. The lowest BCUT2D eigenvalue weighted by atomic mass is 9.71. The molecule has 1 heteroatoms. The van der Waals surface area contributed by atoms with Gasteiger partial charge < -0.3 is 4.74 Å². The summed E-state index contributed by atoms with van der Waals surface area (Å²) < 4.78 is 6.26. The molecule has 0 amide bonds. The molecule has 2 heterocycles. The fraction of sp³-hybridized carbons (Fsp3) is 0.867. The molecule has 2 saturated heterocycles. The van der Waals surface area contributed by atoms with E-state index in [0.29, 0.717) is 17.6 Å². The molecule has 0 aromatic carbocycles. The maximum atomic E-state index is 6.26. The van der Waals surface area contributed by atoms with Crippen LogP contribution in [-0.2, 0) is 4.74 Å². The number of hydrogen-bond donors (Lipinski definition) is 0. The number of rotatable bonds is 1. The van der Waals surface area contributed by atoms with E-state index in [1.807, 2.05) is 0 Å². The van der Waals surface area contributed by atoms with E-state index in [2.05, 4.69) is 27.4 Å². The van der Waals surface area contributed by atoms with Gasteiger partial charge in [0, 0.05) is 0 Å². The summed E-state index contributed by atoms with van der Waals surface area (Å²) in [4.78, 5) is 0. The zero-order valence-electron chi connectivity index (χ0n) is 10.8. The van der Waals surface area contributed by atoms with E-state index in [0.717, 1.165) is 17.8 Å². The summed E-state index contributed by atoms with van der Waals surface area (Å²) in [5.41, 5.74) is 1.83. The molecular weight excluding hydrogens is 196 g/mol. The minimum atomic E-state index is 0.388. The van der Waals surface area contributed by atoms with Crippen LogP contribution in [0.15, 0.2) is 12.2 Å². The van der Waals surface area contributed by atoms with Crippen LogP contribution in [0, 0.1) is 23.2 Å². The van der Waals surface area contributed by atoms with Gasteiger partial charge >= 0.3 is 0 Å². The summed E-state index contributed by atoms with van der Waals surface area (Å²) in [6.07, 6.45) is 6.10. The largest absolute Gasteiger partial charge is 0.370 e. The van der Waals surface area contributed by atoms with Crippen molar-refractivity contribution in [3.05, 3.63) is 12.2 Å². The first-order valence-corrected chi connectivity index (χ1v) is 6.87. The van der Waals surface area contributed by atoms with Gasteiger partial charge in [-0.15, -0.1) is 0 Å². The Bertz CT molecular complexity index is 319. The van der Waals surface area contributed by atoms with Gasteiger partial charge in [0.15, 0.2) is 0 Å². The van der Waals surface area contributed by atoms with Crippen LogP contribution in [0.5, 0.6) is 0 Å². The second kappa shape index (κ2) is 3.35. The van der Waals surface area contributed by atoms with Crippen molar-refractivity contribution in [2.45, 2.75) is 58.7 Å². The van der Waals surface area contributed by atoms with Crippen LogP contribution in [0.3, 0.4) is 0 Å². The van der Waals surface area contributed by atoms with Crippen LogP contribution >= 0.6 is 0 Å². The molecule has 0 radical (unpaired) electrons. The molecule has 16 heavy (non-hydrogen) atoms. The highest BCUT2D eigenvalue weighted by Gasteiger charge is 2.61. The van der Waals surface area contributed by atoms with E-state index in [1.54, 1.807) is 0 Å². The minimum absolute atomic E-state index is 0.388. The first kappa shape index (κ1) is 10.8. The van der Waals surface area contributed by atoms with Gasteiger partial charge in [-0.05, 0) is 54.4 Å². The predicted molar refractivity (Wildman–Crippen MR) is 66.2 cm³/mol. The Morgan fingerprint density at radius 3 is 2.81 bits per heavy atom. The topological polar surface area (TPSA) is 9.23 Å². The molecule has 0 spiro atoms. The highest BCUT2D eigenvalue weighted by atomic mass is 16.5. The molecule has 0 aromatic heterocycles. The molecule has 2 bridgehead atoms. The number of hydrogen-bond acceptors (Lipinski definition) is 1. The van der Waals surface area contributed by atoms with Crippen LogP contribution in [-0.4, -0.2) is 12.2 Å². The Hall–Kier alpha value is -0.300. The third-order valence-corrected chi connectivity index (χ3v) is 5.60. The van der Waals surface area contributed by atoms with Crippen LogP contribution in [0.2, 0.25) is 0 Å². The summed E-state index contributed by atoms with van der Waals surface area (Å²) >= 11 is 0. The van der Waals surface area contributed by atoms with Crippen molar-refractivity contribution in [2.24, 2.45) is 23.2 Å². The van der Waals surface area contributed by atoms with Gasteiger partial charge in [0.2, 0.25) is 0 Å². The molecule has 1 saturated carbocycles. The molecule has 0 aromatic rings. The molecule has 0 unspecified atom stereocenters. The molecule has 0 N–H and O–H groups in total. The van der Waals surface area contributed by atoms with Gasteiger partial charge in [0.05, 0.1) is 12.2 Å². The second-order valence-corrected chi connectivity index (χ2v) is 6.72. The van der Waals surface area contributed by atoms with Crippen molar-refractivity contribution < 1.29 is 4.74 Å². The fourth-order valence-electron chi connectivity index (χ4n) is 4.63. The SMILES string of the molecule is C=C1CC[C@H]2O[C@@H]1[C@H]1[C@H](C(C)C)CC[C@]12C. The molecule has 3 aliphatic rings. The van der Waals surface area contributed by atoms with Crippen molar-refractivity contribution in [1.29, 1.82) is 0 Å². The highest BCUT2D eigenvalue weighted by molar-refractivity contribution is 5.20. The van der Waals surface area contributed by atoms with Gasteiger partial charge in [0.1, 0.15) is 0 Å². The van der Waals surface area contributed by atoms with Crippen molar-refractivity contribution >= 4 is 0 Å². The van der Waals surface area contributed by atoms with Crippen LogP contribution in [0.1, 0.15) is 46.5 Å². The summed E-state index contributed by atoms with van der Waals surface area (Å²) in [6, 6.07) is 0. The van der Waals surface area contributed by atoms with Gasteiger partial charge in [-0.2, -0.15) is 0 Å².